The number of nitrogens with two attached hydrogens (primary N) is 1. The Hall–Kier alpha value is -0.870. The maximum Gasteiger partial charge on any atom is 0.309 e. The van der Waals surface area contributed by atoms with Crippen molar-refractivity contribution in [2.45, 2.75) is 46.6 Å². The molecule has 0 aliphatic rings. The molecule has 0 spiro atoms. The molecule has 108 valence electrons. The van der Waals surface area contributed by atoms with Crippen LogP contribution in [0.2, 0.25) is 0 Å². The molecule has 2 atom stereocenters. The Labute approximate surface area is 112 Å². The Bertz CT molecular complexity index is 218. The maximum absolute atomic E-state index is 11.4. The first-order valence-corrected chi connectivity index (χ1v) is 6.79. The van der Waals surface area contributed by atoms with Gasteiger partial charge in [-0.05, 0) is 32.9 Å². The lowest BCUT2D eigenvalue weighted by Crippen LogP contribution is -2.39. The van der Waals surface area contributed by atoms with E-state index < -0.39 is 0 Å². The summed E-state index contributed by atoms with van der Waals surface area (Å²) in [5.41, 5.74) is 5.43. The van der Waals surface area contributed by atoms with Crippen LogP contribution in [0.5, 0.6) is 0 Å². The molecule has 0 aromatic rings. The largest absolute Gasteiger partial charge is 0.469 e. The van der Waals surface area contributed by atoms with Crippen molar-refractivity contribution in [1.29, 1.82) is 0 Å². The van der Waals surface area contributed by atoms with Gasteiger partial charge >= 0.3 is 5.97 Å². The van der Waals surface area contributed by atoms with E-state index in [1.807, 2.05) is 33.8 Å². The lowest BCUT2D eigenvalue weighted by atomic mass is 9.98. The van der Waals surface area contributed by atoms with E-state index >= 15 is 0 Å². The number of esters is 1. The van der Waals surface area contributed by atoms with Crippen LogP contribution < -0.4 is 11.1 Å². The van der Waals surface area contributed by atoms with Crippen molar-refractivity contribution in [3.05, 3.63) is 12.2 Å². The minimum absolute atomic E-state index is 0.121. The maximum atomic E-state index is 11.4. The van der Waals surface area contributed by atoms with Gasteiger partial charge in [0.2, 0.25) is 0 Å². The summed E-state index contributed by atoms with van der Waals surface area (Å²) in [4.78, 5) is 11.4. The molecule has 0 fully saturated rings. The van der Waals surface area contributed by atoms with E-state index in [2.05, 4.69) is 11.4 Å². The fraction of sp³-hybridized carbons (Fsp3) is 0.786. The average Bonchev–Trinajstić information content (AvgIpc) is 2.43. The monoisotopic (exact) mass is 258 g/mol. The third kappa shape index (κ3) is 9.19. The van der Waals surface area contributed by atoms with E-state index in [0.717, 1.165) is 19.4 Å². The number of allylic oxidation sites excluding steroid dienone is 1. The molecule has 0 heterocycles. The second-order valence-electron chi connectivity index (χ2n) is 3.82. The molecule has 0 aliphatic carbocycles. The second kappa shape index (κ2) is 14.2. The number of carbonyl (C=O) groups excluding carboxylic acids is 1. The van der Waals surface area contributed by atoms with Crippen LogP contribution in [-0.4, -0.2) is 32.2 Å². The van der Waals surface area contributed by atoms with E-state index in [9.17, 15) is 4.79 Å². The summed E-state index contributed by atoms with van der Waals surface area (Å²) in [6.07, 6.45) is 5.79. The number of hydrogen-bond donors (Lipinski definition) is 2. The van der Waals surface area contributed by atoms with E-state index in [-0.39, 0.29) is 17.9 Å². The van der Waals surface area contributed by atoms with Gasteiger partial charge in [-0.1, -0.05) is 32.9 Å². The normalized spacial score (nSPS) is 13.7. The van der Waals surface area contributed by atoms with Crippen LogP contribution in [0.3, 0.4) is 0 Å². The highest BCUT2D eigenvalue weighted by molar-refractivity contribution is 5.72. The number of ether oxygens (including phenoxy) is 1. The third-order valence-electron chi connectivity index (χ3n) is 2.59. The molecule has 18 heavy (non-hydrogen) atoms. The lowest BCUT2D eigenvalue weighted by Gasteiger charge is -2.22. The first-order chi connectivity index (χ1) is 8.67. The Morgan fingerprint density at radius 1 is 1.44 bits per heavy atom. The zero-order chi connectivity index (χ0) is 14.4. The van der Waals surface area contributed by atoms with Crippen molar-refractivity contribution in [3.8, 4) is 0 Å². The van der Waals surface area contributed by atoms with Gasteiger partial charge in [-0.2, -0.15) is 0 Å². The van der Waals surface area contributed by atoms with Crippen LogP contribution in [0.1, 0.15) is 40.5 Å². The van der Waals surface area contributed by atoms with Crippen LogP contribution >= 0.6 is 0 Å². The molecular formula is C14H30N2O2. The summed E-state index contributed by atoms with van der Waals surface area (Å²) >= 11 is 0. The minimum Gasteiger partial charge on any atom is -0.469 e. The van der Waals surface area contributed by atoms with Gasteiger partial charge in [-0.25, -0.2) is 0 Å². The van der Waals surface area contributed by atoms with Crippen LogP contribution in [-0.2, 0) is 9.53 Å². The van der Waals surface area contributed by atoms with E-state index in [4.69, 9.17) is 10.5 Å². The Kier molecular flexibility index (Phi) is 15.4. The van der Waals surface area contributed by atoms with Crippen molar-refractivity contribution in [1.82, 2.24) is 5.32 Å². The van der Waals surface area contributed by atoms with Crippen molar-refractivity contribution < 1.29 is 9.53 Å². The van der Waals surface area contributed by atoms with Crippen LogP contribution in [0.4, 0.5) is 0 Å². The number of nitrogens with one attached hydrogen (secondary N) is 1. The summed E-state index contributed by atoms with van der Waals surface area (Å²) in [6, 6.07) is 0.121. The summed E-state index contributed by atoms with van der Waals surface area (Å²) in [7, 11) is 1.42. The van der Waals surface area contributed by atoms with Crippen molar-refractivity contribution in [2.24, 2.45) is 11.7 Å². The quantitative estimate of drug-likeness (QED) is 0.397. The molecule has 3 N–H and O–H groups in total. The zero-order valence-electron chi connectivity index (χ0n) is 12.5. The second-order valence-corrected chi connectivity index (χ2v) is 3.82. The number of hydrogen-bond acceptors (Lipinski definition) is 4. The Balaban J connectivity index is 0. The van der Waals surface area contributed by atoms with Crippen LogP contribution in [0, 0.1) is 5.92 Å². The molecule has 0 aromatic carbocycles. The molecule has 0 amide bonds. The standard InChI is InChI=1S/C12H24N2O2.C2H6/c1-4-5-7-11(14-9-6-8-13)10(2)12(15)16-3;1-2/h4-5,10-11,14H,6-9,13H2,1-3H3;1-2H3/b5-4+;. The summed E-state index contributed by atoms with van der Waals surface area (Å²) < 4.78 is 4.75. The fourth-order valence-electron chi connectivity index (χ4n) is 1.49. The van der Waals surface area contributed by atoms with Crippen molar-refractivity contribution in [2.75, 3.05) is 20.2 Å². The Morgan fingerprint density at radius 2 is 2.06 bits per heavy atom. The molecule has 0 saturated heterocycles. The van der Waals surface area contributed by atoms with Gasteiger partial charge in [0.15, 0.2) is 0 Å². The van der Waals surface area contributed by atoms with Crippen molar-refractivity contribution >= 4 is 5.97 Å². The first-order valence-electron chi connectivity index (χ1n) is 6.79. The lowest BCUT2D eigenvalue weighted by molar-refractivity contribution is -0.145. The smallest absolute Gasteiger partial charge is 0.309 e. The van der Waals surface area contributed by atoms with E-state index in [1.54, 1.807) is 0 Å². The van der Waals surface area contributed by atoms with Gasteiger partial charge in [0.25, 0.3) is 0 Å². The summed E-state index contributed by atoms with van der Waals surface area (Å²) in [6.45, 7) is 9.35. The van der Waals surface area contributed by atoms with Gasteiger partial charge in [0.1, 0.15) is 0 Å². The van der Waals surface area contributed by atoms with Crippen molar-refractivity contribution in [3.63, 3.8) is 0 Å². The summed E-state index contributed by atoms with van der Waals surface area (Å²) in [5.74, 6) is -0.311. The molecular weight excluding hydrogens is 228 g/mol. The highest BCUT2D eigenvalue weighted by Crippen LogP contribution is 2.10. The number of methoxy groups -OCH3 is 1. The van der Waals surface area contributed by atoms with E-state index in [0.29, 0.717) is 6.54 Å². The van der Waals surface area contributed by atoms with Gasteiger partial charge in [0, 0.05) is 6.04 Å². The third-order valence-corrected chi connectivity index (χ3v) is 2.59. The highest BCUT2D eigenvalue weighted by atomic mass is 16.5. The van der Waals surface area contributed by atoms with Gasteiger partial charge in [-0.3, -0.25) is 4.79 Å². The zero-order valence-corrected chi connectivity index (χ0v) is 12.5. The molecule has 0 saturated carbocycles. The van der Waals surface area contributed by atoms with Crippen LogP contribution in [0.25, 0.3) is 0 Å². The molecule has 0 aromatic heterocycles. The fourth-order valence-corrected chi connectivity index (χ4v) is 1.49. The molecule has 0 aliphatic heterocycles. The topological polar surface area (TPSA) is 64.3 Å². The molecule has 4 heteroatoms. The predicted molar refractivity (Wildman–Crippen MR) is 77.4 cm³/mol. The number of carbonyl (C=O) groups is 1. The van der Waals surface area contributed by atoms with Crippen LogP contribution in [0.15, 0.2) is 12.2 Å². The number of rotatable bonds is 8. The predicted octanol–water partition coefficient (Wildman–Crippen LogP) is 2.09. The highest BCUT2D eigenvalue weighted by Gasteiger charge is 2.22. The molecule has 0 rings (SSSR count). The minimum atomic E-state index is -0.172. The first kappa shape index (κ1) is 19.5. The molecule has 2 unspecified atom stereocenters. The molecule has 4 nitrogen and oxygen atoms in total. The van der Waals surface area contributed by atoms with Gasteiger partial charge in [-0.15, -0.1) is 0 Å². The molecule has 0 bridgehead atoms. The van der Waals surface area contributed by atoms with Gasteiger partial charge < -0.3 is 15.8 Å². The molecule has 0 radical (unpaired) electrons. The van der Waals surface area contributed by atoms with Gasteiger partial charge in [0.05, 0.1) is 13.0 Å². The summed E-state index contributed by atoms with van der Waals surface area (Å²) in [5, 5.41) is 3.34. The van der Waals surface area contributed by atoms with E-state index in [1.165, 1.54) is 7.11 Å². The SMILES string of the molecule is C/C=C/CC(NCCCN)C(C)C(=O)OC.CC. The Morgan fingerprint density at radius 3 is 2.50 bits per heavy atom. The average molecular weight is 258 g/mol.